The number of ether oxygens (including phenoxy) is 1. The van der Waals surface area contributed by atoms with E-state index in [9.17, 15) is 4.79 Å². The maximum Gasteiger partial charge on any atom is 0.147 e. The van der Waals surface area contributed by atoms with E-state index < -0.39 is 0 Å². The fourth-order valence-corrected chi connectivity index (χ4v) is 2.94. The van der Waals surface area contributed by atoms with Crippen molar-refractivity contribution < 1.29 is 9.53 Å². The molecule has 3 heteroatoms. The summed E-state index contributed by atoms with van der Waals surface area (Å²) < 4.78 is 5.41. The fraction of sp³-hybridized carbons (Fsp3) is 0.571. The molecule has 0 saturated carbocycles. The third-order valence-electron chi connectivity index (χ3n) is 3.86. The van der Waals surface area contributed by atoms with Gasteiger partial charge in [-0.05, 0) is 37.3 Å². The van der Waals surface area contributed by atoms with Crippen LogP contribution in [-0.4, -0.2) is 24.0 Å². The zero-order valence-corrected chi connectivity index (χ0v) is 9.89. The molecule has 1 aliphatic carbocycles. The van der Waals surface area contributed by atoms with Gasteiger partial charge in [-0.3, -0.25) is 9.78 Å². The number of fused-ring (bicyclic) bond motifs is 1. The van der Waals surface area contributed by atoms with E-state index in [1.54, 1.807) is 6.20 Å². The number of carbonyl (C=O) groups is 1. The molecule has 2 heterocycles. The Balaban J connectivity index is 1.79. The summed E-state index contributed by atoms with van der Waals surface area (Å²) in [6.07, 6.45) is 5.71. The third kappa shape index (κ3) is 2.00. The first-order valence-electron chi connectivity index (χ1n) is 6.41. The van der Waals surface area contributed by atoms with E-state index >= 15 is 0 Å². The molecule has 3 nitrogen and oxygen atoms in total. The van der Waals surface area contributed by atoms with Gasteiger partial charge in [-0.25, -0.2) is 0 Å². The van der Waals surface area contributed by atoms with Crippen LogP contribution in [0.25, 0.3) is 0 Å². The lowest BCUT2D eigenvalue weighted by Gasteiger charge is -2.23. The number of aryl methyl sites for hydroxylation is 1. The highest BCUT2D eigenvalue weighted by molar-refractivity contribution is 5.88. The molecule has 1 aliphatic heterocycles. The lowest BCUT2D eigenvalue weighted by atomic mass is 9.87. The second-order valence-electron chi connectivity index (χ2n) is 4.96. The summed E-state index contributed by atoms with van der Waals surface area (Å²) in [5, 5.41) is 0. The molecule has 2 unspecified atom stereocenters. The normalized spacial score (nSPS) is 27.8. The van der Waals surface area contributed by atoms with Crippen LogP contribution in [-0.2, 0) is 16.0 Å². The average Bonchev–Trinajstić information content (AvgIpc) is 2.83. The summed E-state index contributed by atoms with van der Waals surface area (Å²) in [4.78, 5) is 16.8. The van der Waals surface area contributed by atoms with Gasteiger partial charge in [0.2, 0.25) is 0 Å². The highest BCUT2D eigenvalue weighted by Crippen LogP contribution is 2.35. The number of rotatable bonds is 2. The molecule has 90 valence electrons. The Morgan fingerprint density at radius 3 is 3.18 bits per heavy atom. The number of aromatic nitrogens is 1. The van der Waals surface area contributed by atoms with Gasteiger partial charge in [0.1, 0.15) is 5.78 Å². The molecular formula is C14H17NO2. The summed E-state index contributed by atoms with van der Waals surface area (Å²) in [5.74, 6) is 0.474. The van der Waals surface area contributed by atoms with Crippen LogP contribution in [0.1, 0.15) is 36.4 Å². The van der Waals surface area contributed by atoms with Gasteiger partial charge in [-0.15, -0.1) is 0 Å². The van der Waals surface area contributed by atoms with Crippen LogP contribution in [0.15, 0.2) is 18.3 Å². The Kier molecular flexibility index (Phi) is 2.93. The summed E-state index contributed by atoms with van der Waals surface area (Å²) in [7, 11) is 0. The summed E-state index contributed by atoms with van der Waals surface area (Å²) in [6, 6.07) is 4.04. The minimum Gasteiger partial charge on any atom is -0.381 e. The zero-order chi connectivity index (χ0) is 11.7. The minimum absolute atomic E-state index is 0.0258. The van der Waals surface area contributed by atoms with Gasteiger partial charge in [0.05, 0.1) is 18.2 Å². The fourth-order valence-electron chi connectivity index (χ4n) is 2.94. The molecule has 2 aliphatic rings. The van der Waals surface area contributed by atoms with Crippen LogP contribution in [0.5, 0.6) is 0 Å². The first-order valence-corrected chi connectivity index (χ1v) is 6.41. The zero-order valence-electron chi connectivity index (χ0n) is 9.89. The lowest BCUT2D eigenvalue weighted by molar-refractivity contribution is -0.128. The molecule has 0 bridgehead atoms. The second-order valence-corrected chi connectivity index (χ2v) is 4.96. The van der Waals surface area contributed by atoms with Crippen LogP contribution in [0.2, 0.25) is 0 Å². The lowest BCUT2D eigenvalue weighted by Crippen LogP contribution is -2.29. The topological polar surface area (TPSA) is 39.2 Å². The molecule has 1 aromatic heterocycles. The Hall–Kier alpha value is -1.22. The van der Waals surface area contributed by atoms with Gasteiger partial charge in [0.15, 0.2) is 0 Å². The Morgan fingerprint density at radius 1 is 1.41 bits per heavy atom. The van der Waals surface area contributed by atoms with Crippen molar-refractivity contribution in [3.8, 4) is 0 Å². The molecule has 0 spiro atoms. The van der Waals surface area contributed by atoms with Crippen molar-refractivity contribution in [3.63, 3.8) is 0 Å². The van der Waals surface area contributed by atoms with Crippen LogP contribution >= 0.6 is 0 Å². The van der Waals surface area contributed by atoms with Crippen molar-refractivity contribution in [1.29, 1.82) is 0 Å². The predicted molar refractivity (Wildman–Crippen MR) is 63.8 cm³/mol. The molecule has 0 amide bonds. The largest absolute Gasteiger partial charge is 0.381 e. The van der Waals surface area contributed by atoms with Crippen LogP contribution in [0.4, 0.5) is 0 Å². The second kappa shape index (κ2) is 4.57. The van der Waals surface area contributed by atoms with Crippen molar-refractivity contribution in [2.75, 3.05) is 13.2 Å². The number of ketones is 1. The summed E-state index contributed by atoms with van der Waals surface area (Å²) in [6.45, 7) is 1.42. The highest BCUT2D eigenvalue weighted by atomic mass is 16.5. The number of hydrogen-bond acceptors (Lipinski definition) is 3. The average molecular weight is 231 g/mol. The van der Waals surface area contributed by atoms with Crippen LogP contribution < -0.4 is 0 Å². The van der Waals surface area contributed by atoms with Gasteiger partial charge >= 0.3 is 0 Å². The van der Waals surface area contributed by atoms with Gasteiger partial charge in [-0.2, -0.15) is 0 Å². The smallest absolute Gasteiger partial charge is 0.147 e. The number of hydrogen-bond donors (Lipinski definition) is 0. The summed E-state index contributed by atoms with van der Waals surface area (Å²) >= 11 is 0. The molecular weight excluding hydrogens is 214 g/mol. The number of Topliss-reactive ketones (excluding diaryl/α,β-unsaturated/α-hetero) is 1. The Morgan fingerprint density at radius 2 is 2.35 bits per heavy atom. The van der Waals surface area contributed by atoms with Gasteiger partial charge < -0.3 is 4.74 Å². The monoisotopic (exact) mass is 231 g/mol. The van der Waals surface area contributed by atoms with E-state index in [4.69, 9.17) is 4.74 Å². The van der Waals surface area contributed by atoms with Crippen molar-refractivity contribution in [2.24, 2.45) is 5.92 Å². The molecule has 1 aromatic rings. The standard InChI is InChI=1S/C14H17NO2/c16-14(11-4-2-8-17-9-11)12-6-5-10-3-1-7-15-13(10)12/h1,3,7,11-12H,2,4-6,8-9H2. The number of nitrogens with zero attached hydrogens (tertiary/aromatic N) is 1. The predicted octanol–water partition coefficient (Wildman–Crippen LogP) is 2.11. The van der Waals surface area contributed by atoms with Gasteiger partial charge in [0, 0.05) is 18.7 Å². The number of pyridine rings is 1. The molecule has 0 radical (unpaired) electrons. The molecule has 0 N–H and O–H groups in total. The van der Waals surface area contributed by atoms with E-state index in [1.165, 1.54) is 5.56 Å². The van der Waals surface area contributed by atoms with E-state index in [1.807, 2.05) is 6.07 Å². The van der Waals surface area contributed by atoms with Crippen molar-refractivity contribution in [2.45, 2.75) is 31.6 Å². The maximum absolute atomic E-state index is 12.4. The molecule has 3 rings (SSSR count). The molecule has 1 fully saturated rings. The Bertz CT molecular complexity index is 424. The van der Waals surface area contributed by atoms with Crippen LogP contribution in [0.3, 0.4) is 0 Å². The Labute approximate surface area is 101 Å². The van der Waals surface area contributed by atoms with Gasteiger partial charge in [0.25, 0.3) is 0 Å². The maximum atomic E-state index is 12.4. The number of carbonyl (C=O) groups excluding carboxylic acids is 1. The first kappa shape index (κ1) is 10.9. The third-order valence-corrected chi connectivity index (χ3v) is 3.86. The molecule has 0 aromatic carbocycles. The van der Waals surface area contributed by atoms with Crippen molar-refractivity contribution >= 4 is 5.78 Å². The van der Waals surface area contributed by atoms with Crippen molar-refractivity contribution in [1.82, 2.24) is 4.98 Å². The van der Waals surface area contributed by atoms with E-state index in [0.29, 0.717) is 12.4 Å². The van der Waals surface area contributed by atoms with E-state index in [0.717, 1.165) is 38.0 Å². The SMILES string of the molecule is O=C(C1CCCOC1)C1CCc2cccnc21. The van der Waals surface area contributed by atoms with Crippen LogP contribution in [0, 0.1) is 5.92 Å². The molecule has 17 heavy (non-hydrogen) atoms. The van der Waals surface area contributed by atoms with E-state index in [-0.39, 0.29) is 11.8 Å². The van der Waals surface area contributed by atoms with E-state index in [2.05, 4.69) is 11.1 Å². The minimum atomic E-state index is 0.0258. The molecule has 2 atom stereocenters. The highest BCUT2D eigenvalue weighted by Gasteiger charge is 2.34. The molecule has 1 saturated heterocycles. The first-order chi connectivity index (χ1) is 8.36. The van der Waals surface area contributed by atoms with Crippen molar-refractivity contribution in [3.05, 3.63) is 29.6 Å². The quantitative estimate of drug-likeness (QED) is 0.782. The van der Waals surface area contributed by atoms with Gasteiger partial charge in [-0.1, -0.05) is 6.07 Å². The summed E-state index contributed by atoms with van der Waals surface area (Å²) in [5.41, 5.74) is 2.27.